The average Bonchev–Trinajstić information content (AvgIpc) is 2.27. The van der Waals surface area contributed by atoms with Crippen LogP contribution in [0.5, 0.6) is 0 Å². The number of carboxylic acids is 1. The van der Waals surface area contributed by atoms with Crippen LogP contribution in [0, 0.1) is 17.2 Å². The molecule has 2 N–H and O–H groups in total. The van der Waals surface area contributed by atoms with Gasteiger partial charge in [-0.25, -0.2) is 4.98 Å². The molecular weight excluding hydrogens is 218 g/mol. The molecule has 1 rings (SSSR count). The van der Waals surface area contributed by atoms with Crippen LogP contribution in [0.25, 0.3) is 0 Å². The van der Waals surface area contributed by atoms with Crippen molar-refractivity contribution in [2.75, 3.05) is 5.32 Å². The van der Waals surface area contributed by atoms with Crippen molar-refractivity contribution in [2.45, 2.75) is 26.3 Å². The van der Waals surface area contributed by atoms with E-state index in [0.29, 0.717) is 11.4 Å². The van der Waals surface area contributed by atoms with Crippen molar-refractivity contribution < 1.29 is 9.90 Å². The molecule has 0 saturated heterocycles. The predicted molar refractivity (Wildman–Crippen MR) is 63.5 cm³/mol. The van der Waals surface area contributed by atoms with Crippen LogP contribution in [0.2, 0.25) is 0 Å². The Morgan fingerprint density at radius 1 is 1.65 bits per heavy atom. The Morgan fingerprint density at radius 3 is 2.88 bits per heavy atom. The molecule has 0 fully saturated rings. The number of nitriles is 1. The zero-order valence-corrected chi connectivity index (χ0v) is 9.84. The highest BCUT2D eigenvalue weighted by atomic mass is 16.4. The fraction of sp³-hybridized carbons (Fsp3) is 0.417. The number of aromatic nitrogens is 1. The molecule has 90 valence electrons. The van der Waals surface area contributed by atoms with Gasteiger partial charge in [0.25, 0.3) is 0 Å². The number of carboxylic acid groups (broad SMARTS) is 1. The van der Waals surface area contributed by atoms with Crippen molar-refractivity contribution in [1.29, 1.82) is 5.26 Å². The van der Waals surface area contributed by atoms with Crippen molar-refractivity contribution in [3.8, 4) is 6.07 Å². The molecule has 1 aromatic heterocycles. The first-order valence-electron chi connectivity index (χ1n) is 5.37. The lowest BCUT2D eigenvalue weighted by Crippen LogP contribution is -2.28. The average molecular weight is 233 g/mol. The van der Waals surface area contributed by atoms with E-state index < -0.39 is 5.97 Å². The van der Waals surface area contributed by atoms with E-state index in [1.165, 1.54) is 6.20 Å². The molecule has 5 nitrogen and oxygen atoms in total. The van der Waals surface area contributed by atoms with E-state index >= 15 is 0 Å². The SMILES string of the molecule is CC(C)C(CC(=O)O)Nc1cc(C#N)ccn1. The number of anilines is 1. The van der Waals surface area contributed by atoms with Gasteiger partial charge in [-0.05, 0) is 18.1 Å². The summed E-state index contributed by atoms with van der Waals surface area (Å²) in [6.45, 7) is 3.88. The lowest BCUT2D eigenvalue weighted by molar-refractivity contribution is -0.137. The molecule has 1 atom stereocenters. The second-order valence-electron chi connectivity index (χ2n) is 4.13. The summed E-state index contributed by atoms with van der Waals surface area (Å²) in [6.07, 6.45) is 1.55. The minimum Gasteiger partial charge on any atom is -0.481 e. The van der Waals surface area contributed by atoms with Crippen LogP contribution < -0.4 is 5.32 Å². The van der Waals surface area contributed by atoms with Gasteiger partial charge in [0.05, 0.1) is 18.1 Å². The largest absolute Gasteiger partial charge is 0.481 e. The highest BCUT2D eigenvalue weighted by molar-refractivity contribution is 5.68. The summed E-state index contributed by atoms with van der Waals surface area (Å²) < 4.78 is 0. The maximum absolute atomic E-state index is 10.7. The maximum Gasteiger partial charge on any atom is 0.305 e. The van der Waals surface area contributed by atoms with E-state index in [9.17, 15) is 4.79 Å². The summed E-state index contributed by atoms with van der Waals surface area (Å²) in [4.78, 5) is 14.8. The van der Waals surface area contributed by atoms with Gasteiger partial charge in [0.1, 0.15) is 5.82 Å². The molecule has 0 aromatic carbocycles. The molecule has 0 bridgehead atoms. The number of carbonyl (C=O) groups is 1. The number of nitrogens with zero attached hydrogens (tertiary/aromatic N) is 2. The fourth-order valence-electron chi connectivity index (χ4n) is 1.41. The number of aliphatic carboxylic acids is 1. The van der Waals surface area contributed by atoms with Crippen molar-refractivity contribution in [2.24, 2.45) is 5.92 Å². The van der Waals surface area contributed by atoms with E-state index in [2.05, 4.69) is 10.3 Å². The van der Waals surface area contributed by atoms with Crippen molar-refractivity contribution in [3.05, 3.63) is 23.9 Å². The van der Waals surface area contributed by atoms with E-state index in [1.54, 1.807) is 12.1 Å². The number of pyridine rings is 1. The van der Waals surface area contributed by atoms with Crippen LogP contribution in [-0.4, -0.2) is 22.1 Å². The minimum absolute atomic E-state index is 0.0239. The monoisotopic (exact) mass is 233 g/mol. The Bertz CT molecular complexity index is 438. The zero-order valence-electron chi connectivity index (χ0n) is 9.84. The molecule has 0 aliphatic rings. The standard InChI is InChI=1S/C12H15N3O2/c1-8(2)10(6-12(16)17)15-11-5-9(7-13)3-4-14-11/h3-5,8,10H,6H2,1-2H3,(H,14,15)(H,16,17). The Labute approximate surface area is 100 Å². The first-order chi connectivity index (χ1) is 8.02. The highest BCUT2D eigenvalue weighted by Crippen LogP contribution is 2.14. The van der Waals surface area contributed by atoms with Gasteiger partial charge in [-0.1, -0.05) is 13.8 Å². The number of hydrogen-bond acceptors (Lipinski definition) is 4. The first-order valence-corrected chi connectivity index (χ1v) is 5.37. The van der Waals surface area contributed by atoms with Crippen molar-refractivity contribution in [1.82, 2.24) is 4.98 Å². The lowest BCUT2D eigenvalue weighted by atomic mass is 10.0. The van der Waals surface area contributed by atoms with Crippen LogP contribution in [0.4, 0.5) is 5.82 Å². The highest BCUT2D eigenvalue weighted by Gasteiger charge is 2.17. The molecule has 0 radical (unpaired) electrons. The van der Waals surface area contributed by atoms with Crippen LogP contribution in [-0.2, 0) is 4.79 Å². The van der Waals surface area contributed by atoms with Crippen LogP contribution in [0.15, 0.2) is 18.3 Å². The number of rotatable bonds is 5. The van der Waals surface area contributed by atoms with Gasteiger partial charge in [-0.15, -0.1) is 0 Å². The quantitative estimate of drug-likeness (QED) is 0.810. The van der Waals surface area contributed by atoms with Gasteiger partial charge in [-0.2, -0.15) is 5.26 Å². The fourth-order valence-corrected chi connectivity index (χ4v) is 1.41. The number of nitrogens with one attached hydrogen (secondary N) is 1. The Kier molecular flexibility index (Phi) is 4.46. The third-order valence-corrected chi connectivity index (χ3v) is 2.42. The minimum atomic E-state index is -0.854. The molecule has 0 amide bonds. The van der Waals surface area contributed by atoms with Gasteiger partial charge in [0.2, 0.25) is 0 Å². The molecule has 1 heterocycles. The summed E-state index contributed by atoms with van der Waals surface area (Å²) in [7, 11) is 0. The second-order valence-corrected chi connectivity index (χ2v) is 4.13. The van der Waals surface area contributed by atoms with Crippen molar-refractivity contribution >= 4 is 11.8 Å². The van der Waals surface area contributed by atoms with Crippen molar-refractivity contribution in [3.63, 3.8) is 0 Å². The second kappa shape index (κ2) is 5.85. The molecular formula is C12H15N3O2. The summed E-state index contributed by atoms with van der Waals surface area (Å²) in [5, 5.41) is 20.6. The summed E-state index contributed by atoms with van der Waals surface area (Å²) in [5.74, 6) is -0.157. The smallest absolute Gasteiger partial charge is 0.305 e. The van der Waals surface area contributed by atoms with Crippen LogP contribution >= 0.6 is 0 Å². The van der Waals surface area contributed by atoms with Crippen LogP contribution in [0.3, 0.4) is 0 Å². The Balaban J connectivity index is 2.79. The Hall–Kier alpha value is -2.09. The van der Waals surface area contributed by atoms with Crippen LogP contribution in [0.1, 0.15) is 25.8 Å². The van der Waals surface area contributed by atoms with E-state index in [-0.39, 0.29) is 18.4 Å². The summed E-state index contributed by atoms with van der Waals surface area (Å²) in [6, 6.07) is 5.03. The van der Waals surface area contributed by atoms with Gasteiger partial charge in [0, 0.05) is 12.2 Å². The van der Waals surface area contributed by atoms with Gasteiger partial charge >= 0.3 is 5.97 Å². The lowest BCUT2D eigenvalue weighted by Gasteiger charge is -2.21. The Morgan fingerprint density at radius 2 is 2.35 bits per heavy atom. The predicted octanol–water partition coefficient (Wildman–Crippen LogP) is 1.86. The maximum atomic E-state index is 10.7. The van der Waals surface area contributed by atoms with Gasteiger partial charge < -0.3 is 10.4 Å². The summed E-state index contributed by atoms with van der Waals surface area (Å²) >= 11 is 0. The molecule has 1 unspecified atom stereocenters. The molecule has 0 aliphatic carbocycles. The first kappa shape index (κ1) is 13.0. The van der Waals surface area contributed by atoms with E-state index in [1.807, 2.05) is 19.9 Å². The normalized spacial score (nSPS) is 11.9. The zero-order chi connectivity index (χ0) is 12.8. The third-order valence-electron chi connectivity index (χ3n) is 2.42. The van der Waals surface area contributed by atoms with Gasteiger partial charge in [0.15, 0.2) is 0 Å². The van der Waals surface area contributed by atoms with Gasteiger partial charge in [-0.3, -0.25) is 4.79 Å². The molecule has 1 aromatic rings. The molecule has 17 heavy (non-hydrogen) atoms. The molecule has 0 spiro atoms. The molecule has 0 aliphatic heterocycles. The summed E-state index contributed by atoms with van der Waals surface area (Å²) in [5.41, 5.74) is 0.500. The molecule has 0 saturated carbocycles. The topological polar surface area (TPSA) is 86.0 Å². The van der Waals surface area contributed by atoms with E-state index in [0.717, 1.165) is 0 Å². The number of hydrogen-bond donors (Lipinski definition) is 2. The third kappa shape index (κ3) is 4.11. The molecule has 5 heteroatoms. The van der Waals surface area contributed by atoms with E-state index in [4.69, 9.17) is 10.4 Å².